The Hall–Kier alpha value is -2.00. The number of amides is 1. The Labute approximate surface area is 190 Å². The predicted molar refractivity (Wildman–Crippen MR) is 125 cm³/mol. The number of aromatic nitrogens is 3. The van der Waals surface area contributed by atoms with Crippen LogP contribution in [-0.4, -0.2) is 58.3 Å². The molecule has 9 heteroatoms. The molecule has 2 aromatic rings. The molecule has 1 aliphatic carbocycles. The minimum atomic E-state index is -3.19. The molecule has 176 valence electrons. The maximum Gasteiger partial charge on any atom is 0.252 e. The number of fused-ring (bicyclic) bond motifs is 1. The highest BCUT2D eigenvalue weighted by Gasteiger charge is 2.32. The number of carbonyl (C=O) groups excluding carboxylic acids is 1. The molecule has 1 saturated heterocycles. The van der Waals surface area contributed by atoms with E-state index in [2.05, 4.69) is 26.1 Å². The molecule has 0 spiro atoms. The molecule has 32 heavy (non-hydrogen) atoms. The Kier molecular flexibility index (Phi) is 6.09. The Balaban J connectivity index is 1.58. The Bertz CT molecular complexity index is 1120. The van der Waals surface area contributed by atoms with Crippen LogP contribution < -0.4 is 5.32 Å². The van der Waals surface area contributed by atoms with E-state index in [-0.39, 0.29) is 23.2 Å². The number of aryl methyl sites for hydroxylation is 1. The van der Waals surface area contributed by atoms with Gasteiger partial charge in [-0.15, -0.1) is 0 Å². The van der Waals surface area contributed by atoms with Gasteiger partial charge in [-0.2, -0.15) is 5.10 Å². The number of carbonyl (C=O) groups is 1. The summed E-state index contributed by atoms with van der Waals surface area (Å²) in [6.07, 6.45) is 4.07. The third kappa shape index (κ3) is 4.55. The second-order valence-electron chi connectivity index (χ2n) is 10.2. The first kappa shape index (κ1) is 23.2. The van der Waals surface area contributed by atoms with Gasteiger partial charge in [0, 0.05) is 30.7 Å². The van der Waals surface area contributed by atoms with Crippen LogP contribution in [0.25, 0.3) is 11.0 Å². The molecule has 2 aromatic heterocycles. The number of rotatable bonds is 6. The van der Waals surface area contributed by atoms with Crippen LogP contribution in [0.15, 0.2) is 6.07 Å². The van der Waals surface area contributed by atoms with Gasteiger partial charge in [0.25, 0.3) is 5.91 Å². The number of hydrogen-bond acceptors (Lipinski definition) is 5. The third-order valence-electron chi connectivity index (χ3n) is 6.35. The first-order valence-electron chi connectivity index (χ1n) is 11.7. The zero-order valence-corrected chi connectivity index (χ0v) is 20.6. The van der Waals surface area contributed by atoms with Gasteiger partial charge in [0.1, 0.15) is 0 Å². The van der Waals surface area contributed by atoms with Crippen LogP contribution in [-0.2, 0) is 15.6 Å². The van der Waals surface area contributed by atoms with Crippen LogP contribution >= 0.6 is 0 Å². The monoisotopic (exact) mass is 461 g/mol. The fourth-order valence-electron chi connectivity index (χ4n) is 4.47. The van der Waals surface area contributed by atoms with Gasteiger partial charge in [-0.3, -0.25) is 4.79 Å². The van der Waals surface area contributed by atoms with E-state index in [1.54, 1.807) is 4.31 Å². The van der Waals surface area contributed by atoms with Crippen molar-refractivity contribution in [3.63, 3.8) is 0 Å². The highest BCUT2D eigenvalue weighted by molar-refractivity contribution is 7.89. The zero-order valence-electron chi connectivity index (χ0n) is 19.8. The van der Waals surface area contributed by atoms with E-state index in [0.717, 1.165) is 35.3 Å². The molecule has 1 N–H and O–H groups in total. The quantitative estimate of drug-likeness (QED) is 0.712. The number of piperidine rings is 1. The maximum absolute atomic E-state index is 13.4. The summed E-state index contributed by atoms with van der Waals surface area (Å²) in [7, 11) is -3.19. The minimum absolute atomic E-state index is 0.0406. The fraction of sp³-hybridized carbons (Fsp3) is 0.696. The lowest BCUT2D eigenvalue weighted by Gasteiger charge is -2.31. The topological polar surface area (TPSA) is 97.2 Å². The number of pyridine rings is 1. The molecule has 0 radical (unpaired) electrons. The summed E-state index contributed by atoms with van der Waals surface area (Å²) in [6.45, 7) is 11.0. The summed E-state index contributed by atoms with van der Waals surface area (Å²) in [5, 5.41) is 8.70. The van der Waals surface area contributed by atoms with E-state index in [4.69, 9.17) is 10.1 Å². The lowest BCUT2D eigenvalue weighted by molar-refractivity contribution is 0.0925. The van der Waals surface area contributed by atoms with E-state index in [9.17, 15) is 13.2 Å². The molecule has 4 rings (SSSR count). The Morgan fingerprint density at radius 3 is 2.41 bits per heavy atom. The highest BCUT2D eigenvalue weighted by atomic mass is 32.2. The van der Waals surface area contributed by atoms with Crippen molar-refractivity contribution in [2.75, 3.05) is 18.8 Å². The van der Waals surface area contributed by atoms with Crippen LogP contribution in [0, 0.1) is 6.92 Å². The average molecular weight is 462 g/mol. The Morgan fingerprint density at radius 1 is 1.19 bits per heavy atom. The molecule has 1 amide bonds. The normalized spacial score (nSPS) is 18.9. The molecule has 1 saturated carbocycles. The van der Waals surface area contributed by atoms with Gasteiger partial charge in [0.05, 0.1) is 27.9 Å². The SMILES string of the molecule is CCCS(=O)(=O)N1CCC(NC(=O)c2cc(C3CC3)nc3c2c(C)nn3C(C)(C)C)CC1. The van der Waals surface area contributed by atoms with Crippen molar-refractivity contribution in [1.29, 1.82) is 0 Å². The predicted octanol–water partition coefficient (Wildman–Crippen LogP) is 3.31. The van der Waals surface area contributed by atoms with Crippen molar-refractivity contribution >= 4 is 27.0 Å². The van der Waals surface area contributed by atoms with Crippen molar-refractivity contribution in [2.24, 2.45) is 0 Å². The molecular weight excluding hydrogens is 426 g/mol. The van der Waals surface area contributed by atoms with Gasteiger partial charge in [0.2, 0.25) is 10.0 Å². The first-order chi connectivity index (χ1) is 15.0. The van der Waals surface area contributed by atoms with Crippen molar-refractivity contribution in [2.45, 2.75) is 84.2 Å². The summed E-state index contributed by atoms with van der Waals surface area (Å²) in [6, 6.07) is 1.90. The van der Waals surface area contributed by atoms with Crippen molar-refractivity contribution in [3.05, 3.63) is 23.0 Å². The van der Waals surface area contributed by atoms with E-state index in [1.165, 1.54) is 0 Å². The molecule has 0 aromatic carbocycles. The van der Waals surface area contributed by atoms with E-state index in [0.29, 0.717) is 43.8 Å². The van der Waals surface area contributed by atoms with Crippen LogP contribution in [0.4, 0.5) is 0 Å². The summed E-state index contributed by atoms with van der Waals surface area (Å²) < 4.78 is 28.2. The van der Waals surface area contributed by atoms with Crippen LogP contribution in [0.3, 0.4) is 0 Å². The lowest BCUT2D eigenvalue weighted by Crippen LogP contribution is -2.47. The Morgan fingerprint density at radius 2 is 1.84 bits per heavy atom. The summed E-state index contributed by atoms with van der Waals surface area (Å²) in [5.74, 6) is 0.479. The summed E-state index contributed by atoms with van der Waals surface area (Å²) in [4.78, 5) is 18.3. The number of sulfonamides is 1. The fourth-order valence-corrected chi connectivity index (χ4v) is 6.01. The molecule has 2 aliphatic rings. The number of nitrogens with one attached hydrogen (secondary N) is 1. The molecule has 0 atom stereocenters. The molecule has 0 unspecified atom stereocenters. The smallest absolute Gasteiger partial charge is 0.252 e. The summed E-state index contributed by atoms with van der Waals surface area (Å²) in [5.41, 5.74) is 2.92. The molecule has 8 nitrogen and oxygen atoms in total. The van der Waals surface area contributed by atoms with Crippen LogP contribution in [0.5, 0.6) is 0 Å². The molecule has 2 fully saturated rings. The van der Waals surface area contributed by atoms with Crippen LogP contribution in [0.2, 0.25) is 0 Å². The molecular formula is C23H35N5O3S. The summed E-state index contributed by atoms with van der Waals surface area (Å²) >= 11 is 0. The van der Waals surface area contributed by atoms with Gasteiger partial charge < -0.3 is 5.32 Å². The standard InChI is InChI=1S/C23H35N5O3S/c1-6-13-32(30,31)27-11-9-17(10-12-27)24-22(29)18-14-19(16-7-8-16)25-21-20(18)15(2)26-28(21)23(3,4)5/h14,16-17H,6-13H2,1-5H3,(H,24,29). The van der Waals surface area contributed by atoms with Gasteiger partial charge in [0.15, 0.2) is 5.65 Å². The van der Waals surface area contributed by atoms with Crippen molar-refractivity contribution in [3.8, 4) is 0 Å². The molecule has 0 bridgehead atoms. The van der Waals surface area contributed by atoms with Gasteiger partial charge in [-0.1, -0.05) is 6.92 Å². The van der Waals surface area contributed by atoms with Crippen molar-refractivity contribution in [1.82, 2.24) is 24.4 Å². The average Bonchev–Trinajstić information content (AvgIpc) is 3.50. The minimum Gasteiger partial charge on any atom is -0.349 e. The number of hydrogen-bond donors (Lipinski definition) is 1. The second kappa shape index (κ2) is 8.41. The van der Waals surface area contributed by atoms with Gasteiger partial charge >= 0.3 is 0 Å². The maximum atomic E-state index is 13.4. The van der Waals surface area contributed by atoms with E-state index < -0.39 is 10.0 Å². The van der Waals surface area contributed by atoms with E-state index in [1.807, 2.05) is 24.6 Å². The number of nitrogens with zero attached hydrogens (tertiary/aromatic N) is 4. The molecule has 3 heterocycles. The first-order valence-corrected chi connectivity index (χ1v) is 13.3. The van der Waals surface area contributed by atoms with E-state index >= 15 is 0 Å². The lowest BCUT2D eigenvalue weighted by atomic mass is 10.0. The van der Waals surface area contributed by atoms with Crippen LogP contribution in [0.1, 0.15) is 87.5 Å². The van der Waals surface area contributed by atoms with Gasteiger partial charge in [-0.05, 0) is 65.9 Å². The largest absolute Gasteiger partial charge is 0.349 e. The highest BCUT2D eigenvalue weighted by Crippen LogP contribution is 2.41. The van der Waals surface area contributed by atoms with Gasteiger partial charge in [-0.25, -0.2) is 22.4 Å². The zero-order chi connectivity index (χ0) is 23.3. The third-order valence-corrected chi connectivity index (χ3v) is 8.43. The molecule has 1 aliphatic heterocycles. The van der Waals surface area contributed by atoms with Crippen molar-refractivity contribution < 1.29 is 13.2 Å². The second-order valence-corrected chi connectivity index (χ2v) is 12.3.